The molecule has 0 bridgehead atoms. The maximum absolute atomic E-state index is 11.9. The van der Waals surface area contributed by atoms with Gasteiger partial charge in [-0.2, -0.15) is 0 Å². The van der Waals surface area contributed by atoms with Crippen molar-refractivity contribution in [3.63, 3.8) is 0 Å². The number of esters is 1. The van der Waals surface area contributed by atoms with Crippen LogP contribution in [0.4, 0.5) is 4.79 Å². The summed E-state index contributed by atoms with van der Waals surface area (Å²) in [6.45, 7) is 1.30. The predicted octanol–water partition coefficient (Wildman–Crippen LogP) is 1.09. The standard InChI is InChI=1S/C12H13ClN2O5/c1-6(10(16)15-12(14)18)20-11(17)8-5-7(13)3-4-9(8)19-2/h3-6H,1-2H3,(H3,14,15,16,18). The first-order valence-corrected chi connectivity index (χ1v) is 5.87. The van der Waals surface area contributed by atoms with Gasteiger partial charge in [0.2, 0.25) is 0 Å². The second-order valence-electron chi connectivity index (χ2n) is 3.75. The molecule has 0 saturated heterocycles. The Hall–Kier alpha value is -2.28. The number of halogens is 1. The number of carbonyl (C=O) groups is 3. The average molecular weight is 301 g/mol. The highest BCUT2D eigenvalue weighted by molar-refractivity contribution is 6.31. The van der Waals surface area contributed by atoms with E-state index in [0.717, 1.165) is 0 Å². The molecule has 3 amide bonds. The Morgan fingerprint density at radius 1 is 1.35 bits per heavy atom. The molecule has 0 radical (unpaired) electrons. The number of benzene rings is 1. The minimum atomic E-state index is -1.20. The molecule has 0 spiro atoms. The summed E-state index contributed by atoms with van der Waals surface area (Å²) in [5.41, 5.74) is 4.86. The third-order valence-corrected chi connectivity index (χ3v) is 2.52. The van der Waals surface area contributed by atoms with Crippen molar-refractivity contribution < 1.29 is 23.9 Å². The molecule has 0 heterocycles. The van der Waals surface area contributed by atoms with Gasteiger partial charge in [0.1, 0.15) is 11.3 Å². The Morgan fingerprint density at radius 2 is 2.00 bits per heavy atom. The average Bonchev–Trinajstić information content (AvgIpc) is 2.37. The van der Waals surface area contributed by atoms with E-state index in [9.17, 15) is 14.4 Å². The molecule has 108 valence electrons. The highest BCUT2D eigenvalue weighted by atomic mass is 35.5. The lowest BCUT2D eigenvalue weighted by Crippen LogP contribution is -2.42. The molecule has 0 aliphatic heterocycles. The number of urea groups is 1. The van der Waals surface area contributed by atoms with E-state index in [1.54, 1.807) is 11.4 Å². The second-order valence-corrected chi connectivity index (χ2v) is 4.18. The SMILES string of the molecule is COc1ccc(Cl)cc1C(=O)OC(C)C(=O)NC(N)=O. The van der Waals surface area contributed by atoms with Crippen molar-refractivity contribution in [1.82, 2.24) is 5.32 Å². The van der Waals surface area contributed by atoms with E-state index in [-0.39, 0.29) is 11.3 Å². The Morgan fingerprint density at radius 3 is 2.55 bits per heavy atom. The number of nitrogens with one attached hydrogen (secondary N) is 1. The summed E-state index contributed by atoms with van der Waals surface area (Å²) in [5, 5.41) is 2.12. The third-order valence-electron chi connectivity index (χ3n) is 2.28. The molecule has 0 saturated carbocycles. The minimum absolute atomic E-state index is 0.0683. The number of ether oxygens (including phenoxy) is 2. The van der Waals surface area contributed by atoms with Gasteiger partial charge in [0, 0.05) is 5.02 Å². The van der Waals surface area contributed by atoms with Crippen LogP contribution in [0, 0.1) is 0 Å². The van der Waals surface area contributed by atoms with E-state index in [0.29, 0.717) is 5.02 Å². The summed E-state index contributed by atoms with van der Waals surface area (Å²) < 4.78 is 9.89. The maximum Gasteiger partial charge on any atom is 0.342 e. The van der Waals surface area contributed by atoms with Crippen LogP contribution in [-0.4, -0.2) is 31.1 Å². The molecule has 1 atom stereocenters. The number of nitrogens with two attached hydrogens (primary N) is 1. The third kappa shape index (κ3) is 4.13. The van der Waals surface area contributed by atoms with Crippen LogP contribution in [0.1, 0.15) is 17.3 Å². The lowest BCUT2D eigenvalue weighted by atomic mass is 10.2. The van der Waals surface area contributed by atoms with E-state index in [1.807, 2.05) is 0 Å². The quantitative estimate of drug-likeness (QED) is 0.809. The zero-order valence-corrected chi connectivity index (χ0v) is 11.6. The van der Waals surface area contributed by atoms with Crippen molar-refractivity contribution in [2.24, 2.45) is 5.73 Å². The first-order valence-electron chi connectivity index (χ1n) is 5.50. The van der Waals surface area contributed by atoms with Crippen LogP contribution in [-0.2, 0) is 9.53 Å². The van der Waals surface area contributed by atoms with E-state index in [2.05, 4.69) is 0 Å². The van der Waals surface area contributed by atoms with Crippen molar-refractivity contribution in [2.75, 3.05) is 7.11 Å². The fourth-order valence-electron chi connectivity index (χ4n) is 1.34. The number of rotatable bonds is 4. The normalized spacial score (nSPS) is 11.3. The van der Waals surface area contributed by atoms with Crippen molar-refractivity contribution >= 4 is 29.5 Å². The van der Waals surface area contributed by atoms with E-state index in [4.69, 9.17) is 26.8 Å². The van der Waals surface area contributed by atoms with Crippen LogP contribution in [0.25, 0.3) is 0 Å². The second kappa shape index (κ2) is 6.76. The molecular weight excluding hydrogens is 288 g/mol. The Bertz CT molecular complexity index is 547. The first-order chi connectivity index (χ1) is 9.35. The summed E-state index contributed by atoms with van der Waals surface area (Å²) >= 11 is 5.78. The van der Waals surface area contributed by atoms with Gasteiger partial charge in [0.15, 0.2) is 6.10 Å². The Kier molecular flexibility index (Phi) is 5.33. The lowest BCUT2D eigenvalue weighted by molar-refractivity contribution is -0.127. The highest BCUT2D eigenvalue weighted by Crippen LogP contribution is 2.23. The smallest absolute Gasteiger partial charge is 0.342 e. The molecule has 3 N–H and O–H groups in total. The molecule has 0 aromatic heterocycles. The van der Waals surface area contributed by atoms with Gasteiger partial charge in [-0.15, -0.1) is 0 Å². The Labute approximate surface area is 120 Å². The fraction of sp³-hybridized carbons (Fsp3) is 0.250. The zero-order valence-electron chi connectivity index (χ0n) is 10.8. The van der Waals surface area contributed by atoms with Gasteiger partial charge in [0.05, 0.1) is 7.11 Å². The van der Waals surface area contributed by atoms with Gasteiger partial charge in [-0.25, -0.2) is 9.59 Å². The number of hydrogen-bond acceptors (Lipinski definition) is 5. The maximum atomic E-state index is 11.9. The molecule has 1 rings (SSSR count). The van der Waals surface area contributed by atoms with Crippen LogP contribution < -0.4 is 15.8 Å². The lowest BCUT2D eigenvalue weighted by Gasteiger charge is -2.13. The van der Waals surface area contributed by atoms with Crippen molar-refractivity contribution in [3.05, 3.63) is 28.8 Å². The number of primary amides is 1. The molecule has 8 heteroatoms. The molecule has 20 heavy (non-hydrogen) atoms. The van der Waals surface area contributed by atoms with Crippen molar-refractivity contribution in [3.8, 4) is 5.75 Å². The van der Waals surface area contributed by atoms with Gasteiger partial charge < -0.3 is 15.2 Å². The summed E-state index contributed by atoms with van der Waals surface area (Å²) in [7, 11) is 1.38. The summed E-state index contributed by atoms with van der Waals surface area (Å²) in [6.07, 6.45) is -1.20. The number of hydrogen-bond donors (Lipinski definition) is 2. The first kappa shape index (κ1) is 15.8. The van der Waals surface area contributed by atoms with E-state index >= 15 is 0 Å². The molecular formula is C12H13ClN2O5. The van der Waals surface area contributed by atoms with Crippen LogP contribution in [0.5, 0.6) is 5.75 Å². The molecule has 7 nitrogen and oxygen atoms in total. The summed E-state index contributed by atoms with van der Waals surface area (Å²) in [5.74, 6) is -1.38. The zero-order chi connectivity index (χ0) is 15.3. The van der Waals surface area contributed by atoms with Gasteiger partial charge in [0.25, 0.3) is 5.91 Å². The van der Waals surface area contributed by atoms with Gasteiger partial charge in [-0.05, 0) is 25.1 Å². The number of imide groups is 1. The molecule has 0 aliphatic carbocycles. The van der Waals surface area contributed by atoms with Crippen LogP contribution in [0.15, 0.2) is 18.2 Å². The topological polar surface area (TPSA) is 108 Å². The van der Waals surface area contributed by atoms with Crippen LogP contribution in [0.3, 0.4) is 0 Å². The van der Waals surface area contributed by atoms with E-state index < -0.39 is 24.0 Å². The highest BCUT2D eigenvalue weighted by Gasteiger charge is 2.22. The number of methoxy groups -OCH3 is 1. The van der Waals surface area contributed by atoms with Gasteiger partial charge >= 0.3 is 12.0 Å². The van der Waals surface area contributed by atoms with Gasteiger partial charge in [-0.3, -0.25) is 10.1 Å². The largest absolute Gasteiger partial charge is 0.496 e. The molecule has 1 unspecified atom stereocenters. The molecule has 0 aliphatic rings. The predicted molar refractivity (Wildman–Crippen MR) is 70.6 cm³/mol. The van der Waals surface area contributed by atoms with Crippen molar-refractivity contribution in [1.29, 1.82) is 0 Å². The number of amides is 3. The van der Waals surface area contributed by atoms with Crippen LogP contribution >= 0.6 is 11.6 Å². The molecule has 0 fully saturated rings. The van der Waals surface area contributed by atoms with E-state index in [1.165, 1.54) is 26.2 Å². The summed E-state index contributed by atoms with van der Waals surface area (Å²) in [6, 6.07) is 3.35. The van der Waals surface area contributed by atoms with Gasteiger partial charge in [-0.1, -0.05) is 11.6 Å². The van der Waals surface area contributed by atoms with Crippen LogP contribution in [0.2, 0.25) is 5.02 Å². The monoisotopic (exact) mass is 300 g/mol. The summed E-state index contributed by atoms with van der Waals surface area (Å²) in [4.78, 5) is 33.8. The Balaban J connectivity index is 2.83. The fourth-order valence-corrected chi connectivity index (χ4v) is 1.51. The molecule has 1 aromatic carbocycles. The number of carbonyl (C=O) groups excluding carboxylic acids is 3. The minimum Gasteiger partial charge on any atom is -0.496 e. The molecule has 1 aromatic rings. The van der Waals surface area contributed by atoms with Crippen molar-refractivity contribution in [2.45, 2.75) is 13.0 Å².